The number of carbonyl (C=O) groups is 2. The predicted octanol–water partition coefficient (Wildman–Crippen LogP) is 2.66. The summed E-state index contributed by atoms with van der Waals surface area (Å²) in [7, 11) is 0. The standard InChI is InChI=1S/C20H18FN3O5/c21-13-3-1-2-12(8-13)6-7-22-19(25)15-10-18-16(9-17(15)24(27)28)20(26)23(11-29-18)14-4-5-14/h1-3,8-10,14H,4-7,11H2,(H,22,25). The predicted molar refractivity (Wildman–Crippen MR) is 100 cm³/mol. The minimum Gasteiger partial charge on any atom is -0.472 e. The van der Waals surface area contributed by atoms with Gasteiger partial charge in [-0.15, -0.1) is 0 Å². The Morgan fingerprint density at radius 1 is 1.31 bits per heavy atom. The Labute approximate surface area is 165 Å². The number of rotatable bonds is 6. The van der Waals surface area contributed by atoms with Gasteiger partial charge in [-0.05, 0) is 37.0 Å². The van der Waals surface area contributed by atoms with Gasteiger partial charge in [0, 0.05) is 24.7 Å². The normalized spacial score (nSPS) is 15.5. The van der Waals surface area contributed by atoms with Crippen molar-refractivity contribution >= 4 is 17.5 Å². The Hall–Kier alpha value is -3.49. The minimum atomic E-state index is -0.689. The zero-order valence-electron chi connectivity index (χ0n) is 15.4. The molecule has 2 aromatic rings. The maximum atomic E-state index is 13.2. The highest BCUT2D eigenvalue weighted by atomic mass is 19.1. The highest BCUT2D eigenvalue weighted by molar-refractivity contribution is 6.04. The van der Waals surface area contributed by atoms with Crippen LogP contribution in [-0.2, 0) is 6.42 Å². The van der Waals surface area contributed by atoms with E-state index >= 15 is 0 Å². The fourth-order valence-corrected chi connectivity index (χ4v) is 3.31. The van der Waals surface area contributed by atoms with Gasteiger partial charge in [-0.3, -0.25) is 19.7 Å². The number of fused-ring (bicyclic) bond motifs is 1. The van der Waals surface area contributed by atoms with Crippen LogP contribution in [0.5, 0.6) is 5.75 Å². The molecule has 2 aromatic carbocycles. The molecule has 1 heterocycles. The molecule has 1 saturated carbocycles. The first kappa shape index (κ1) is 18.9. The molecule has 0 radical (unpaired) electrons. The molecule has 2 amide bonds. The number of hydrogen-bond donors (Lipinski definition) is 1. The summed E-state index contributed by atoms with van der Waals surface area (Å²) in [6.45, 7) is 0.237. The zero-order valence-corrected chi connectivity index (χ0v) is 15.4. The van der Waals surface area contributed by atoms with Crippen molar-refractivity contribution in [1.82, 2.24) is 10.2 Å². The number of nitro benzene ring substituents is 1. The van der Waals surface area contributed by atoms with Crippen molar-refractivity contribution in [2.45, 2.75) is 25.3 Å². The summed E-state index contributed by atoms with van der Waals surface area (Å²) < 4.78 is 18.8. The molecule has 9 heteroatoms. The van der Waals surface area contributed by atoms with Crippen LogP contribution in [0.3, 0.4) is 0 Å². The second-order valence-corrected chi connectivity index (χ2v) is 7.04. The molecule has 0 atom stereocenters. The first-order valence-electron chi connectivity index (χ1n) is 9.23. The zero-order chi connectivity index (χ0) is 20.5. The van der Waals surface area contributed by atoms with Gasteiger partial charge in [0.1, 0.15) is 17.1 Å². The fraction of sp³-hybridized carbons (Fsp3) is 0.300. The molecule has 0 bridgehead atoms. The molecule has 8 nitrogen and oxygen atoms in total. The van der Waals surface area contributed by atoms with Crippen LogP contribution in [0.15, 0.2) is 36.4 Å². The number of nitrogens with one attached hydrogen (secondary N) is 1. The largest absolute Gasteiger partial charge is 0.472 e. The number of ether oxygens (including phenoxy) is 1. The highest BCUT2D eigenvalue weighted by Gasteiger charge is 2.39. The van der Waals surface area contributed by atoms with E-state index in [-0.39, 0.29) is 47.9 Å². The highest BCUT2D eigenvalue weighted by Crippen LogP contribution is 2.36. The van der Waals surface area contributed by atoms with Crippen LogP contribution in [0, 0.1) is 15.9 Å². The van der Waals surface area contributed by atoms with Gasteiger partial charge in [-0.2, -0.15) is 0 Å². The molecule has 1 aliphatic heterocycles. The number of benzene rings is 2. The maximum absolute atomic E-state index is 13.2. The second kappa shape index (κ2) is 7.50. The van der Waals surface area contributed by atoms with E-state index in [9.17, 15) is 24.1 Å². The molecule has 1 N–H and O–H groups in total. The van der Waals surface area contributed by atoms with Crippen molar-refractivity contribution in [3.05, 3.63) is 69.0 Å². The van der Waals surface area contributed by atoms with E-state index in [0.717, 1.165) is 18.9 Å². The third kappa shape index (κ3) is 3.89. The second-order valence-electron chi connectivity index (χ2n) is 7.04. The van der Waals surface area contributed by atoms with Gasteiger partial charge < -0.3 is 15.0 Å². The SMILES string of the molecule is O=C(NCCc1cccc(F)c1)c1cc2c(cc1[N+](=O)[O-])C(=O)N(C1CC1)CO2. The summed E-state index contributed by atoms with van der Waals surface area (Å²) >= 11 is 0. The molecule has 0 unspecified atom stereocenters. The molecule has 1 aliphatic carbocycles. The van der Waals surface area contributed by atoms with Crippen molar-refractivity contribution in [3.63, 3.8) is 0 Å². The van der Waals surface area contributed by atoms with Crippen LogP contribution in [0.1, 0.15) is 39.1 Å². The molecule has 0 spiro atoms. The first-order valence-corrected chi connectivity index (χ1v) is 9.23. The Morgan fingerprint density at radius 3 is 2.79 bits per heavy atom. The van der Waals surface area contributed by atoms with Gasteiger partial charge in [0.15, 0.2) is 6.73 Å². The van der Waals surface area contributed by atoms with Crippen LogP contribution in [0.25, 0.3) is 0 Å². The average Bonchev–Trinajstić information content (AvgIpc) is 3.52. The quantitative estimate of drug-likeness (QED) is 0.594. The van der Waals surface area contributed by atoms with Gasteiger partial charge >= 0.3 is 0 Å². The van der Waals surface area contributed by atoms with E-state index in [4.69, 9.17) is 4.74 Å². The summed E-state index contributed by atoms with van der Waals surface area (Å²) in [4.78, 5) is 37.5. The molecule has 4 rings (SSSR count). The lowest BCUT2D eigenvalue weighted by molar-refractivity contribution is -0.385. The summed E-state index contributed by atoms with van der Waals surface area (Å²) in [5, 5.41) is 14.1. The van der Waals surface area contributed by atoms with Crippen LogP contribution in [-0.4, -0.2) is 41.0 Å². The monoisotopic (exact) mass is 399 g/mol. The molecule has 2 aliphatic rings. The molecule has 1 fully saturated rings. The summed E-state index contributed by atoms with van der Waals surface area (Å²) in [5.41, 5.74) is 0.146. The van der Waals surface area contributed by atoms with E-state index in [2.05, 4.69) is 5.32 Å². The van der Waals surface area contributed by atoms with Crippen LogP contribution < -0.4 is 10.1 Å². The number of amides is 2. The Balaban J connectivity index is 1.52. The van der Waals surface area contributed by atoms with E-state index in [0.29, 0.717) is 12.0 Å². The summed E-state index contributed by atoms with van der Waals surface area (Å²) in [6, 6.07) is 8.44. The van der Waals surface area contributed by atoms with Crippen molar-refractivity contribution < 1.29 is 23.6 Å². The van der Waals surface area contributed by atoms with Gasteiger partial charge in [-0.25, -0.2) is 4.39 Å². The molecular formula is C20H18FN3O5. The maximum Gasteiger partial charge on any atom is 0.283 e. The topological polar surface area (TPSA) is 102 Å². The lowest BCUT2D eigenvalue weighted by atomic mass is 10.0. The van der Waals surface area contributed by atoms with E-state index in [1.165, 1.54) is 18.2 Å². The minimum absolute atomic E-state index is 0.0644. The van der Waals surface area contributed by atoms with Crippen molar-refractivity contribution in [3.8, 4) is 5.75 Å². The Kier molecular flexibility index (Phi) is 4.87. The number of halogens is 1. The molecular weight excluding hydrogens is 381 g/mol. The van der Waals surface area contributed by atoms with Crippen molar-refractivity contribution in [1.29, 1.82) is 0 Å². The first-order chi connectivity index (χ1) is 13.9. The van der Waals surface area contributed by atoms with E-state index in [1.807, 2.05) is 0 Å². The molecule has 29 heavy (non-hydrogen) atoms. The van der Waals surface area contributed by atoms with Crippen LogP contribution >= 0.6 is 0 Å². The average molecular weight is 399 g/mol. The van der Waals surface area contributed by atoms with Crippen molar-refractivity contribution in [2.24, 2.45) is 0 Å². The van der Waals surface area contributed by atoms with E-state index < -0.39 is 16.5 Å². The van der Waals surface area contributed by atoms with E-state index in [1.54, 1.807) is 17.0 Å². The van der Waals surface area contributed by atoms with Crippen molar-refractivity contribution in [2.75, 3.05) is 13.3 Å². The lowest BCUT2D eigenvalue weighted by Gasteiger charge is -2.28. The van der Waals surface area contributed by atoms with Gasteiger partial charge in [0.25, 0.3) is 17.5 Å². The van der Waals surface area contributed by atoms with Crippen LogP contribution in [0.4, 0.5) is 10.1 Å². The molecule has 0 aromatic heterocycles. The van der Waals surface area contributed by atoms with Gasteiger partial charge in [-0.1, -0.05) is 12.1 Å². The number of nitro groups is 1. The number of hydrogen-bond acceptors (Lipinski definition) is 5. The third-order valence-electron chi connectivity index (χ3n) is 4.97. The summed E-state index contributed by atoms with van der Waals surface area (Å²) in [6.07, 6.45) is 2.14. The van der Waals surface area contributed by atoms with Crippen LogP contribution in [0.2, 0.25) is 0 Å². The third-order valence-corrected chi connectivity index (χ3v) is 4.97. The lowest BCUT2D eigenvalue weighted by Crippen LogP contribution is -2.40. The summed E-state index contributed by atoms with van der Waals surface area (Å²) in [5.74, 6) is -1.19. The van der Waals surface area contributed by atoms with Gasteiger partial charge in [0.05, 0.1) is 10.5 Å². The fourth-order valence-electron chi connectivity index (χ4n) is 3.31. The molecule has 150 valence electrons. The number of carbonyl (C=O) groups excluding carboxylic acids is 2. The van der Waals surface area contributed by atoms with Gasteiger partial charge in [0.2, 0.25) is 0 Å². The Morgan fingerprint density at radius 2 is 2.10 bits per heavy atom. The number of nitrogens with zero attached hydrogens (tertiary/aromatic N) is 2. The smallest absolute Gasteiger partial charge is 0.283 e. The molecule has 0 saturated heterocycles. The Bertz CT molecular complexity index is 1010.